The Kier molecular flexibility index (Phi) is 1.51. The molecule has 0 aliphatic heterocycles. The van der Waals surface area contributed by atoms with E-state index in [0.29, 0.717) is 12.2 Å². The lowest BCUT2D eigenvalue weighted by Crippen LogP contribution is -1.85. The van der Waals surface area contributed by atoms with Crippen molar-refractivity contribution in [1.29, 1.82) is 0 Å². The van der Waals surface area contributed by atoms with Crippen LogP contribution < -0.4 is 0 Å². The highest BCUT2D eigenvalue weighted by molar-refractivity contribution is 4.97. The summed E-state index contributed by atoms with van der Waals surface area (Å²) in [5.41, 5.74) is 0. The molecule has 0 aromatic carbocycles. The SMILES string of the molecule is [2H]C([2H])(O)CCc1ccco1. The monoisotopic (exact) mass is 128 g/mol. The molecule has 50 valence electrons. The number of aryl methyl sites for hydroxylation is 1. The summed E-state index contributed by atoms with van der Waals surface area (Å²) in [6, 6.07) is 3.49. The molecule has 1 rings (SSSR count). The maximum Gasteiger partial charge on any atom is 0.103 e. The van der Waals surface area contributed by atoms with Crippen LogP contribution in [0.15, 0.2) is 22.8 Å². The van der Waals surface area contributed by atoms with Crippen LogP contribution in [-0.2, 0) is 6.42 Å². The smallest absolute Gasteiger partial charge is 0.103 e. The minimum atomic E-state index is -2.09. The van der Waals surface area contributed by atoms with Crippen LogP contribution in [0.2, 0.25) is 0 Å². The van der Waals surface area contributed by atoms with Gasteiger partial charge < -0.3 is 9.52 Å². The Bertz CT molecular complexity index is 201. The number of rotatable bonds is 3. The Labute approximate surface area is 56.9 Å². The van der Waals surface area contributed by atoms with E-state index < -0.39 is 6.56 Å². The van der Waals surface area contributed by atoms with Crippen molar-refractivity contribution in [3.8, 4) is 0 Å². The summed E-state index contributed by atoms with van der Waals surface area (Å²) in [6.45, 7) is -2.09. The van der Waals surface area contributed by atoms with Crippen molar-refractivity contribution in [1.82, 2.24) is 0 Å². The van der Waals surface area contributed by atoms with Crippen LogP contribution in [0.25, 0.3) is 0 Å². The van der Waals surface area contributed by atoms with Crippen molar-refractivity contribution in [3.05, 3.63) is 24.2 Å². The Hall–Kier alpha value is -0.760. The lowest BCUT2D eigenvalue weighted by atomic mass is 10.3. The maximum atomic E-state index is 8.71. The quantitative estimate of drug-likeness (QED) is 0.663. The first kappa shape index (κ1) is 4.12. The minimum absolute atomic E-state index is 0.0700. The van der Waals surface area contributed by atoms with E-state index in [2.05, 4.69) is 0 Å². The summed E-state index contributed by atoms with van der Waals surface area (Å²) in [6.07, 6.45) is 2.03. The van der Waals surface area contributed by atoms with Gasteiger partial charge in [0, 0.05) is 13.0 Å². The summed E-state index contributed by atoms with van der Waals surface area (Å²) >= 11 is 0. The van der Waals surface area contributed by atoms with Gasteiger partial charge in [-0.2, -0.15) is 0 Å². The summed E-state index contributed by atoms with van der Waals surface area (Å²) < 4.78 is 18.6. The van der Waals surface area contributed by atoms with Gasteiger partial charge in [0.2, 0.25) is 0 Å². The van der Waals surface area contributed by atoms with Crippen molar-refractivity contribution in [2.45, 2.75) is 12.8 Å². The Morgan fingerprint density at radius 1 is 1.78 bits per heavy atom. The second kappa shape index (κ2) is 3.30. The number of hydrogen-bond donors (Lipinski definition) is 1. The third-order valence-corrected chi connectivity index (χ3v) is 1.06. The molecule has 0 aliphatic rings. The molecule has 0 amide bonds. The normalized spacial score (nSPS) is 14.8. The molecule has 0 aliphatic carbocycles. The van der Waals surface area contributed by atoms with Crippen molar-refractivity contribution in [3.63, 3.8) is 0 Å². The zero-order chi connectivity index (χ0) is 8.32. The molecule has 2 heteroatoms. The molecule has 0 fully saturated rings. The van der Waals surface area contributed by atoms with Crippen LogP contribution >= 0.6 is 0 Å². The van der Waals surface area contributed by atoms with Gasteiger partial charge in [-0.05, 0) is 18.6 Å². The van der Waals surface area contributed by atoms with Gasteiger partial charge in [0.1, 0.15) is 5.76 Å². The predicted octanol–water partition coefficient (Wildman–Crippen LogP) is 1.20. The molecule has 1 aromatic heterocycles. The summed E-state index contributed by atoms with van der Waals surface area (Å²) in [5.74, 6) is 0.697. The molecule has 0 unspecified atom stereocenters. The highest BCUT2D eigenvalue weighted by atomic mass is 16.3. The van der Waals surface area contributed by atoms with Crippen LogP contribution in [-0.4, -0.2) is 11.7 Å². The van der Waals surface area contributed by atoms with Crippen LogP contribution in [0.4, 0.5) is 0 Å². The van der Waals surface area contributed by atoms with Gasteiger partial charge in [-0.15, -0.1) is 0 Å². The lowest BCUT2D eigenvalue weighted by Gasteiger charge is -1.89. The molecular weight excluding hydrogens is 116 g/mol. The second-order valence-corrected chi connectivity index (χ2v) is 1.74. The number of aliphatic hydroxyl groups is 1. The average molecular weight is 128 g/mol. The van der Waals surface area contributed by atoms with Crippen LogP contribution in [0.5, 0.6) is 0 Å². The molecule has 0 saturated carbocycles. The van der Waals surface area contributed by atoms with Gasteiger partial charge in [0.05, 0.1) is 9.00 Å². The predicted molar refractivity (Wildman–Crippen MR) is 34.1 cm³/mol. The fourth-order valence-corrected chi connectivity index (χ4v) is 0.634. The molecule has 1 aromatic rings. The van der Waals surface area contributed by atoms with Gasteiger partial charge in [-0.25, -0.2) is 0 Å². The van der Waals surface area contributed by atoms with Crippen molar-refractivity contribution >= 4 is 0 Å². The molecule has 9 heavy (non-hydrogen) atoms. The second-order valence-electron chi connectivity index (χ2n) is 1.74. The van der Waals surface area contributed by atoms with E-state index in [0.717, 1.165) is 0 Å². The van der Waals surface area contributed by atoms with Crippen LogP contribution in [0.1, 0.15) is 14.9 Å². The zero-order valence-electron chi connectivity index (χ0n) is 7.00. The first-order valence-electron chi connectivity index (χ1n) is 3.83. The van der Waals surface area contributed by atoms with E-state index in [1.165, 1.54) is 6.26 Å². The lowest BCUT2D eigenvalue weighted by molar-refractivity contribution is 0.284. The molecule has 0 radical (unpaired) electrons. The summed E-state index contributed by atoms with van der Waals surface area (Å²) in [4.78, 5) is 0. The summed E-state index contributed by atoms with van der Waals surface area (Å²) in [7, 11) is 0. The Morgan fingerprint density at radius 3 is 3.22 bits per heavy atom. The van der Waals surface area contributed by atoms with E-state index in [-0.39, 0.29) is 6.42 Å². The third kappa shape index (κ3) is 1.90. The van der Waals surface area contributed by atoms with Gasteiger partial charge in [-0.1, -0.05) is 0 Å². The largest absolute Gasteiger partial charge is 0.469 e. The molecule has 0 spiro atoms. The van der Waals surface area contributed by atoms with Gasteiger partial charge in [-0.3, -0.25) is 0 Å². The van der Waals surface area contributed by atoms with Crippen molar-refractivity contribution < 1.29 is 12.3 Å². The molecule has 1 heterocycles. The summed E-state index contributed by atoms with van der Waals surface area (Å²) in [5, 5.41) is 8.71. The average Bonchev–Trinajstić information content (AvgIpc) is 2.32. The van der Waals surface area contributed by atoms with E-state index in [1.54, 1.807) is 12.1 Å². The molecule has 0 atom stereocenters. The van der Waals surface area contributed by atoms with E-state index >= 15 is 0 Å². The highest BCUT2D eigenvalue weighted by Gasteiger charge is 1.91. The fourth-order valence-electron chi connectivity index (χ4n) is 0.634. The molecule has 1 N–H and O–H groups in total. The van der Waals surface area contributed by atoms with Gasteiger partial charge in [0.15, 0.2) is 0 Å². The first-order valence-corrected chi connectivity index (χ1v) is 2.83. The van der Waals surface area contributed by atoms with E-state index in [4.69, 9.17) is 12.3 Å². The third-order valence-electron chi connectivity index (χ3n) is 1.06. The van der Waals surface area contributed by atoms with Crippen molar-refractivity contribution in [2.24, 2.45) is 0 Å². The standard InChI is InChI=1S/C7H10O2/c8-5-1-3-7-4-2-6-9-7/h2,4,6,8H,1,3,5H2/i5D2. The van der Waals surface area contributed by atoms with Crippen LogP contribution in [0, 0.1) is 0 Å². The van der Waals surface area contributed by atoms with Gasteiger partial charge in [0.25, 0.3) is 0 Å². The topological polar surface area (TPSA) is 33.4 Å². The highest BCUT2D eigenvalue weighted by Crippen LogP contribution is 2.01. The van der Waals surface area contributed by atoms with Crippen molar-refractivity contribution in [2.75, 3.05) is 6.56 Å². The maximum absolute atomic E-state index is 8.71. The first-order chi connectivity index (χ1) is 5.08. The number of hydrogen-bond acceptors (Lipinski definition) is 2. The minimum Gasteiger partial charge on any atom is -0.469 e. The molecule has 0 saturated heterocycles. The zero-order valence-corrected chi connectivity index (χ0v) is 5.00. The van der Waals surface area contributed by atoms with E-state index in [1.807, 2.05) is 0 Å². The number of furan rings is 1. The van der Waals surface area contributed by atoms with Gasteiger partial charge >= 0.3 is 0 Å². The van der Waals surface area contributed by atoms with E-state index in [9.17, 15) is 0 Å². The molecular formula is C7H10O2. The molecule has 0 bridgehead atoms. The Morgan fingerprint density at radius 2 is 2.67 bits per heavy atom. The molecule has 2 nitrogen and oxygen atoms in total. The Balaban J connectivity index is 2.35. The fraction of sp³-hybridized carbons (Fsp3) is 0.429. The van der Waals surface area contributed by atoms with Crippen LogP contribution in [0.3, 0.4) is 0 Å².